The lowest BCUT2D eigenvalue weighted by Crippen LogP contribution is -2.32. The van der Waals surface area contributed by atoms with Gasteiger partial charge in [-0.2, -0.15) is 0 Å². The maximum absolute atomic E-state index is 4.89. The fourth-order valence-electron chi connectivity index (χ4n) is 6.90. The number of fused-ring (bicyclic) bond motifs is 2. The van der Waals surface area contributed by atoms with E-state index in [1.165, 1.54) is 24.0 Å². The zero-order chi connectivity index (χ0) is 24.2. The molecule has 188 valence electrons. The SMILES string of the molecule is CC(C)N1C(c2ccc3nc([C@@H]4CCCN4)[nH]c3c2)CC[C@@H]1c1ccc2nc(C3CCCN3)[nH]c2c1. The van der Waals surface area contributed by atoms with Gasteiger partial charge >= 0.3 is 0 Å². The molecule has 0 amide bonds. The van der Waals surface area contributed by atoms with E-state index in [0.29, 0.717) is 30.2 Å². The topological polar surface area (TPSA) is 84.7 Å². The molecule has 0 aliphatic carbocycles. The van der Waals surface area contributed by atoms with E-state index in [9.17, 15) is 0 Å². The molecule has 3 aliphatic rings. The van der Waals surface area contributed by atoms with Crippen LogP contribution in [0.2, 0.25) is 0 Å². The first-order valence-electron chi connectivity index (χ1n) is 13.9. The Morgan fingerprint density at radius 3 is 1.64 bits per heavy atom. The molecule has 4 aromatic rings. The minimum Gasteiger partial charge on any atom is -0.341 e. The summed E-state index contributed by atoms with van der Waals surface area (Å²) in [7, 11) is 0. The molecule has 0 spiro atoms. The average molecular weight is 484 g/mol. The van der Waals surface area contributed by atoms with Crippen molar-refractivity contribution in [3.63, 3.8) is 0 Å². The van der Waals surface area contributed by atoms with Gasteiger partial charge in [0.05, 0.1) is 34.2 Å². The fraction of sp³-hybridized carbons (Fsp3) is 0.517. The zero-order valence-corrected chi connectivity index (χ0v) is 21.3. The number of H-pyrrole nitrogens is 2. The highest BCUT2D eigenvalue weighted by Crippen LogP contribution is 2.46. The third-order valence-electron chi connectivity index (χ3n) is 8.63. The molecule has 0 bridgehead atoms. The van der Waals surface area contributed by atoms with Crippen molar-refractivity contribution in [2.75, 3.05) is 13.1 Å². The van der Waals surface area contributed by atoms with Gasteiger partial charge in [-0.3, -0.25) is 4.90 Å². The first-order valence-corrected chi connectivity index (χ1v) is 13.9. The Morgan fingerprint density at radius 2 is 1.22 bits per heavy atom. The van der Waals surface area contributed by atoms with Crippen LogP contribution in [0.1, 0.15) is 99.3 Å². The van der Waals surface area contributed by atoms with Crippen molar-refractivity contribution in [1.29, 1.82) is 0 Å². The lowest BCUT2D eigenvalue weighted by atomic mass is 10.0. The Balaban J connectivity index is 1.18. The lowest BCUT2D eigenvalue weighted by Gasteiger charge is -2.34. The molecular formula is C29H37N7. The van der Waals surface area contributed by atoms with Crippen molar-refractivity contribution in [2.24, 2.45) is 0 Å². The highest BCUT2D eigenvalue weighted by Gasteiger charge is 2.37. The smallest absolute Gasteiger partial charge is 0.124 e. The normalized spacial score (nSPS) is 27.3. The summed E-state index contributed by atoms with van der Waals surface area (Å²) in [6.45, 7) is 6.84. The maximum atomic E-state index is 4.89. The van der Waals surface area contributed by atoms with Crippen LogP contribution in [0.15, 0.2) is 36.4 Å². The second-order valence-electron chi connectivity index (χ2n) is 11.2. The second kappa shape index (κ2) is 8.98. The predicted molar refractivity (Wildman–Crippen MR) is 144 cm³/mol. The first-order chi connectivity index (χ1) is 17.6. The number of likely N-dealkylation sites (tertiary alicyclic amines) is 1. The summed E-state index contributed by atoms with van der Waals surface area (Å²) in [4.78, 5) is 19.8. The van der Waals surface area contributed by atoms with Crippen LogP contribution >= 0.6 is 0 Å². The van der Waals surface area contributed by atoms with E-state index in [4.69, 9.17) is 9.97 Å². The summed E-state index contributed by atoms with van der Waals surface area (Å²) in [5, 5.41) is 7.13. The van der Waals surface area contributed by atoms with Gasteiger partial charge in [0.1, 0.15) is 11.6 Å². The average Bonchev–Trinajstić information content (AvgIpc) is 3.72. The van der Waals surface area contributed by atoms with Crippen molar-refractivity contribution in [3.05, 3.63) is 59.2 Å². The molecule has 5 heterocycles. The van der Waals surface area contributed by atoms with Crippen LogP contribution in [0.4, 0.5) is 0 Å². The Labute approximate surface area is 212 Å². The van der Waals surface area contributed by atoms with Crippen molar-refractivity contribution in [2.45, 2.75) is 82.6 Å². The van der Waals surface area contributed by atoms with Gasteiger partial charge in [0.25, 0.3) is 0 Å². The molecule has 4 atom stereocenters. The van der Waals surface area contributed by atoms with Crippen molar-refractivity contribution in [1.82, 2.24) is 35.5 Å². The number of rotatable bonds is 5. The first kappa shape index (κ1) is 22.5. The summed E-state index contributed by atoms with van der Waals surface area (Å²) >= 11 is 0. The highest BCUT2D eigenvalue weighted by atomic mass is 15.2. The van der Waals surface area contributed by atoms with Gasteiger partial charge in [-0.25, -0.2) is 9.97 Å². The maximum Gasteiger partial charge on any atom is 0.124 e. The number of hydrogen-bond acceptors (Lipinski definition) is 5. The Morgan fingerprint density at radius 1 is 0.722 bits per heavy atom. The van der Waals surface area contributed by atoms with E-state index in [0.717, 1.165) is 72.5 Å². The zero-order valence-electron chi connectivity index (χ0n) is 21.3. The number of nitrogens with one attached hydrogen (secondary N) is 4. The number of benzene rings is 2. The molecule has 7 nitrogen and oxygen atoms in total. The number of hydrogen-bond donors (Lipinski definition) is 4. The van der Waals surface area contributed by atoms with Crippen LogP contribution in [-0.2, 0) is 0 Å². The highest BCUT2D eigenvalue weighted by molar-refractivity contribution is 5.77. The minimum absolute atomic E-state index is 0.367. The third kappa shape index (κ3) is 3.85. The van der Waals surface area contributed by atoms with E-state index in [2.05, 4.69) is 75.7 Å². The van der Waals surface area contributed by atoms with Crippen LogP contribution in [0.3, 0.4) is 0 Å². The van der Waals surface area contributed by atoms with Crippen LogP contribution in [0.5, 0.6) is 0 Å². The molecule has 7 rings (SSSR count). The van der Waals surface area contributed by atoms with Gasteiger partial charge in [-0.15, -0.1) is 0 Å². The monoisotopic (exact) mass is 483 g/mol. The molecule has 36 heavy (non-hydrogen) atoms. The van der Waals surface area contributed by atoms with Crippen LogP contribution in [0, 0.1) is 0 Å². The largest absolute Gasteiger partial charge is 0.341 e. The Bertz CT molecular complexity index is 1270. The summed E-state index contributed by atoms with van der Waals surface area (Å²) < 4.78 is 0. The quantitative estimate of drug-likeness (QED) is 0.298. The van der Waals surface area contributed by atoms with E-state index in [-0.39, 0.29) is 0 Å². The molecule has 3 fully saturated rings. The van der Waals surface area contributed by atoms with Crippen LogP contribution < -0.4 is 10.6 Å². The standard InChI is InChI=1S/C29H37N7/c1-17(2)36-26(18-7-9-20-24(15-18)34-28(32-20)22-5-3-13-30-22)11-12-27(36)19-8-10-21-25(16-19)35-29(33-21)23-6-4-14-31-23/h7-10,15-17,22-23,26-27,30-31H,3-6,11-14H2,1-2H3,(H,32,34)(H,33,35)/t22-,23?,26?,27+/m0/s1. The van der Waals surface area contributed by atoms with E-state index in [1.807, 2.05) is 0 Å². The summed E-state index contributed by atoms with van der Waals surface area (Å²) in [5.74, 6) is 2.18. The van der Waals surface area contributed by atoms with Gasteiger partial charge in [-0.1, -0.05) is 12.1 Å². The summed E-state index contributed by atoms with van der Waals surface area (Å²) in [5.41, 5.74) is 7.26. The van der Waals surface area contributed by atoms with Gasteiger partial charge in [-0.05, 0) is 101 Å². The number of aromatic amines is 2. The molecule has 7 heteroatoms. The lowest BCUT2D eigenvalue weighted by molar-refractivity contribution is 0.149. The van der Waals surface area contributed by atoms with E-state index >= 15 is 0 Å². The number of imidazole rings is 2. The summed E-state index contributed by atoms with van der Waals surface area (Å²) in [6.07, 6.45) is 7.11. The predicted octanol–water partition coefficient (Wildman–Crippen LogP) is 5.57. The number of nitrogens with zero attached hydrogens (tertiary/aromatic N) is 3. The van der Waals surface area contributed by atoms with Crippen molar-refractivity contribution >= 4 is 22.1 Å². The molecule has 2 unspecified atom stereocenters. The summed E-state index contributed by atoms with van der Waals surface area (Å²) in [6, 6.07) is 15.7. The molecule has 2 aromatic carbocycles. The van der Waals surface area contributed by atoms with E-state index < -0.39 is 0 Å². The van der Waals surface area contributed by atoms with Gasteiger partial charge in [0.2, 0.25) is 0 Å². The molecule has 0 saturated carbocycles. The molecular weight excluding hydrogens is 446 g/mol. The minimum atomic E-state index is 0.367. The van der Waals surface area contributed by atoms with Crippen LogP contribution in [-0.4, -0.2) is 44.0 Å². The molecule has 3 aliphatic heterocycles. The van der Waals surface area contributed by atoms with Gasteiger partial charge in [0.15, 0.2) is 0 Å². The Hall–Kier alpha value is -2.74. The van der Waals surface area contributed by atoms with Crippen molar-refractivity contribution < 1.29 is 0 Å². The molecule has 2 aromatic heterocycles. The molecule has 3 saturated heterocycles. The third-order valence-corrected chi connectivity index (χ3v) is 8.63. The van der Waals surface area contributed by atoms with Crippen LogP contribution in [0.25, 0.3) is 22.1 Å². The van der Waals surface area contributed by atoms with Crippen molar-refractivity contribution in [3.8, 4) is 0 Å². The van der Waals surface area contributed by atoms with Gasteiger partial charge < -0.3 is 20.6 Å². The Kier molecular flexibility index (Phi) is 5.60. The fourth-order valence-corrected chi connectivity index (χ4v) is 6.90. The van der Waals surface area contributed by atoms with Gasteiger partial charge in [0, 0.05) is 18.1 Å². The molecule has 0 radical (unpaired) electrons. The second-order valence-corrected chi connectivity index (χ2v) is 11.2. The number of aromatic nitrogens is 4. The van der Waals surface area contributed by atoms with E-state index in [1.54, 1.807) is 0 Å². The molecule has 4 N–H and O–H groups in total.